The van der Waals surface area contributed by atoms with E-state index >= 15 is 0 Å². The number of halogens is 3. The molecule has 0 bridgehead atoms. The topological polar surface area (TPSA) is 84.6 Å². The van der Waals surface area contributed by atoms with Crippen molar-refractivity contribution < 1.29 is 22.7 Å². The molecule has 1 atom stereocenters. The third-order valence-corrected chi connectivity index (χ3v) is 5.22. The Morgan fingerprint density at radius 2 is 2.00 bits per heavy atom. The fourth-order valence-electron chi connectivity index (χ4n) is 3.66. The summed E-state index contributed by atoms with van der Waals surface area (Å²) >= 11 is 0. The maximum Gasteiger partial charge on any atom is 0.453 e. The molecule has 2 aromatic rings. The first-order valence-electron chi connectivity index (χ1n) is 9.36. The molecule has 0 saturated carbocycles. The van der Waals surface area contributed by atoms with E-state index in [0.717, 1.165) is 24.0 Å². The maximum absolute atomic E-state index is 13.0. The lowest BCUT2D eigenvalue weighted by molar-refractivity contribution is -0.146. The molecule has 1 unspecified atom stereocenters. The molecule has 11 heteroatoms. The van der Waals surface area contributed by atoms with Crippen molar-refractivity contribution in [2.75, 3.05) is 31.1 Å². The van der Waals surface area contributed by atoms with Gasteiger partial charge in [0.05, 0.1) is 6.10 Å². The van der Waals surface area contributed by atoms with Crippen molar-refractivity contribution >= 4 is 17.4 Å². The Morgan fingerprint density at radius 1 is 1.21 bits per heavy atom. The van der Waals surface area contributed by atoms with Crippen LogP contribution in [0.4, 0.5) is 19.0 Å². The van der Waals surface area contributed by atoms with Crippen LogP contribution in [0.15, 0.2) is 12.1 Å². The summed E-state index contributed by atoms with van der Waals surface area (Å²) in [4.78, 5) is 14.2. The van der Waals surface area contributed by atoms with Gasteiger partial charge in [-0.15, -0.1) is 15.3 Å². The monoisotopic (exact) mass is 398 g/mol. The van der Waals surface area contributed by atoms with Gasteiger partial charge in [0.15, 0.2) is 5.65 Å². The molecule has 2 aromatic heterocycles. The van der Waals surface area contributed by atoms with E-state index in [1.165, 1.54) is 6.07 Å². The van der Waals surface area contributed by atoms with Crippen LogP contribution >= 0.6 is 0 Å². The van der Waals surface area contributed by atoms with E-state index < -0.39 is 12.0 Å². The van der Waals surface area contributed by atoms with Crippen LogP contribution in [0.25, 0.3) is 5.65 Å². The second-order valence-corrected chi connectivity index (χ2v) is 7.12. The Labute approximate surface area is 159 Å². The molecule has 0 radical (unpaired) electrons. The number of aromatic nitrogens is 4. The van der Waals surface area contributed by atoms with Gasteiger partial charge in [0.2, 0.25) is 5.91 Å². The van der Waals surface area contributed by atoms with Crippen LogP contribution in [0, 0.1) is 5.92 Å². The quantitative estimate of drug-likeness (QED) is 0.843. The van der Waals surface area contributed by atoms with Crippen molar-refractivity contribution in [3.63, 3.8) is 0 Å². The number of fused-ring (bicyclic) bond motifs is 1. The van der Waals surface area contributed by atoms with Crippen molar-refractivity contribution in [2.24, 2.45) is 5.92 Å². The molecule has 2 aliphatic rings. The summed E-state index contributed by atoms with van der Waals surface area (Å²) in [6.45, 7) is 2.36. The summed E-state index contributed by atoms with van der Waals surface area (Å²) in [5.74, 6) is -0.831. The third-order valence-electron chi connectivity index (χ3n) is 5.22. The van der Waals surface area contributed by atoms with Crippen molar-refractivity contribution in [1.82, 2.24) is 25.1 Å². The zero-order valence-corrected chi connectivity index (χ0v) is 15.2. The highest BCUT2D eigenvalue weighted by molar-refractivity contribution is 5.79. The van der Waals surface area contributed by atoms with Crippen molar-refractivity contribution in [1.29, 1.82) is 0 Å². The third kappa shape index (κ3) is 3.89. The second-order valence-electron chi connectivity index (χ2n) is 7.12. The number of amides is 1. The normalized spacial score (nSPS) is 21.4. The molecule has 2 aliphatic heterocycles. The lowest BCUT2D eigenvalue weighted by Gasteiger charge is -2.32. The van der Waals surface area contributed by atoms with E-state index in [1.807, 2.05) is 4.90 Å². The smallest absolute Gasteiger partial charge is 0.376 e. The minimum absolute atomic E-state index is 0.0109. The first-order chi connectivity index (χ1) is 13.4. The summed E-state index contributed by atoms with van der Waals surface area (Å²) < 4.78 is 45.3. The number of anilines is 1. The summed E-state index contributed by atoms with van der Waals surface area (Å²) in [6.07, 6.45) is -1.29. The minimum atomic E-state index is -4.63. The van der Waals surface area contributed by atoms with Gasteiger partial charge in [-0.2, -0.15) is 17.7 Å². The number of rotatable bonds is 4. The van der Waals surface area contributed by atoms with E-state index in [2.05, 4.69) is 20.6 Å². The molecule has 2 fully saturated rings. The highest BCUT2D eigenvalue weighted by Crippen LogP contribution is 2.28. The number of hydrogen-bond donors (Lipinski definition) is 1. The Balaban J connectivity index is 1.37. The molecule has 1 amide bonds. The van der Waals surface area contributed by atoms with Gasteiger partial charge in [-0.3, -0.25) is 4.79 Å². The van der Waals surface area contributed by atoms with Crippen LogP contribution in [-0.4, -0.2) is 58.1 Å². The number of carbonyl (C=O) groups excluding carboxylic acids is 1. The van der Waals surface area contributed by atoms with E-state index in [9.17, 15) is 18.0 Å². The molecule has 28 heavy (non-hydrogen) atoms. The fraction of sp³-hybridized carbons (Fsp3) is 0.647. The van der Waals surface area contributed by atoms with E-state index in [4.69, 9.17) is 4.74 Å². The first-order valence-corrected chi connectivity index (χ1v) is 9.36. The van der Waals surface area contributed by atoms with Crippen LogP contribution in [0.5, 0.6) is 0 Å². The predicted octanol–water partition coefficient (Wildman–Crippen LogP) is 1.65. The number of alkyl halides is 3. The molecular weight excluding hydrogens is 377 g/mol. The van der Waals surface area contributed by atoms with Crippen molar-refractivity contribution in [3.05, 3.63) is 18.0 Å². The Kier molecular flexibility index (Phi) is 5.09. The molecule has 0 spiro atoms. The van der Waals surface area contributed by atoms with E-state index in [-0.39, 0.29) is 23.6 Å². The molecule has 1 N–H and O–H groups in total. The van der Waals surface area contributed by atoms with Crippen LogP contribution in [0.1, 0.15) is 31.5 Å². The lowest BCUT2D eigenvalue weighted by atomic mass is 9.96. The summed E-state index contributed by atoms with van der Waals surface area (Å²) in [6, 6.07) is 3.09. The largest absolute Gasteiger partial charge is 0.453 e. The average molecular weight is 398 g/mol. The Hall–Kier alpha value is -2.43. The molecule has 0 aromatic carbocycles. The Bertz CT molecular complexity index is 841. The maximum atomic E-state index is 13.0. The van der Waals surface area contributed by atoms with Crippen LogP contribution in [0.2, 0.25) is 0 Å². The van der Waals surface area contributed by atoms with Crippen molar-refractivity contribution in [3.8, 4) is 0 Å². The Morgan fingerprint density at radius 3 is 2.68 bits per heavy atom. The average Bonchev–Trinajstić information content (AvgIpc) is 3.35. The standard InChI is InChI=1S/C17H21F3N6O2/c18-17(19,20)16-23-22-13-3-4-14(24-26(13)16)25-7-5-11(6-8-25)15(27)21-10-12-2-1-9-28-12/h3-4,11-12H,1-2,5-10H2,(H,21,27). The van der Waals surface area contributed by atoms with Gasteiger partial charge in [0, 0.05) is 32.2 Å². The summed E-state index contributed by atoms with van der Waals surface area (Å²) in [5.41, 5.74) is 0.0412. The lowest BCUT2D eigenvalue weighted by Crippen LogP contribution is -2.42. The predicted molar refractivity (Wildman–Crippen MR) is 92.7 cm³/mol. The van der Waals surface area contributed by atoms with Gasteiger partial charge < -0.3 is 15.0 Å². The summed E-state index contributed by atoms with van der Waals surface area (Å²) in [5, 5.41) is 13.7. The van der Waals surface area contributed by atoms with Crippen molar-refractivity contribution in [2.45, 2.75) is 38.0 Å². The van der Waals surface area contributed by atoms with Gasteiger partial charge in [0.25, 0.3) is 5.82 Å². The number of carbonyl (C=O) groups is 1. The molecular formula is C17H21F3N6O2. The number of hydrogen-bond acceptors (Lipinski definition) is 6. The van der Waals surface area contributed by atoms with Gasteiger partial charge >= 0.3 is 6.18 Å². The molecule has 2 saturated heterocycles. The van der Waals surface area contributed by atoms with Gasteiger partial charge in [-0.05, 0) is 37.8 Å². The van der Waals surface area contributed by atoms with Crippen LogP contribution < -0.4 is 10.2 Å². The molecule has 4 rings (SSSR count). The molecule has 152 valence electrons. The van der Waals surface area contributed by atoms with Gasteiger partial charge in [0.1, 0.15) is 5.82 Å². The van der Waals surface area contributed by atoms with Crippen LogP contribution in [-0.2, 0) is 15.7 Å². The highest BCUT2D eigenvalue weighted by Gasteiger charge is 2.38. The number of piperidine rings is 1. The zero-order valence-electron chi connectivity index (χ0n) is 15.2. The van der Waals surface area contributed by atoms with Gasteiger partial charge in [-0.25, -0.2) is 0 Å². The highest BCUT2D eigenvalue weighted by atomic mass is 19.4. The number of nitrogens with one attached hydrogen (secondary N) is 1. The number of ether oxygens (including phenoxy) is 1. The molecule has 0 aliphatic carbocycles. The SMILES string of the molecule is O=C(NCC1CCCO1)C1CCN(c2ccc3nnc(C(F)(F)F)n3n2)CC1. The summed E-state index contributed by atoms with van der Waals surface area (Å²) in [7, 11) is 0. The zero-order chi connectivity index (χ0) is 19.7. The van der Waals surface area contributed by atoms with Gasteiger partial charge in [-0.1, -0.05) is 0 Å². The number of nitrogens with zero attached hydrogens (tertiary/aromatic N) is 5. The second kappa shape index (κ2) is 7.53. The fourth-order valence-corrected chi connectivity index (χ4v) is 3.66. The van der Waals surface area contributed by atoms with Crippen LogP contribution in [0.3, 0.4) is 0 Å². The first kappa shape index (κ1) is 18.9. The molecule has 8 nitrogen and oxygen atoms in total. The van der Waals surface area contributed by atoms with E-state index in [0.29, 0.717) is 38.3 Å². The van der Waals surface area contributed by atoms with E-state index in [1.54, 1.807) is 6.07 Å². The minimum Gasteiger partial charge on any atom is -0.376 e. The molecule has 4 heterocycles.